The zero-order valence-corrected chi connectivity index (χ0v) is 11.5. The molecule has 0 saturated heterocycles. The Morgan fingerprint density at radius 1 is 1.10 bits per heavy atom. The third-order valence-electron chi connectivity index (χ3n) is 4.08. The van der Waals surface area contributed by atoms with Gasteiger partial charge in [0, 0.05) is 17.6 Å². The van der Waals surface area contributed by atoms with Crippen molar-refractivity contribution in [2.75, 3.05) is 5.32 Å². The van der Waals surface area contributed by atoms with Crippen molar-refractivity contribution < 1.29 is 4.74 Å². The first kappa shape index (κ1) is 11.9. The molecular formula is C16H19N3O. The number of nitrogens with one attached hydrogen (secondary N) is 1. The molecule has 2 aliphatic carbocycles. The predicted molar refractivity (Wildman–Crippen MR) is 79.1 cm³/mol. The zero-order valence-electron chi connectivity index (χ0n) is 11.5. The molecule has 0 atom stereocenters. The lowest BCUT2D eigenvalue weighted by Gasteiger charge is -2.14. The second kappa shape index (κ2) is 4.93. The van der Waals surface area contributed by atoms with E-state index in [9.17, 15) is 0 Å². The maximum Gasteiger partial charge on any atom is 0.223 e. The molecule has 2 aromatic rings. The molecule has 4 rings (SSSR count). The molecule has 2 aliphatic rings. The molecule has 1 heterocycles. The van der Waals surface area contributed by atoms with Crippen LogP contribution in [0.4, 0.5) is 5.95 Å². The summed E-state index contributed by atoms with van der Waals surface area (Å²) in [5.74, 6) is 1.62. The topological polar surface area (TPSA) is 47.0 Å². The van der Waals surface area contributed by atoms with Crippen LogP contribution < -0.4 is 10.1 Å². The first-order valence-electron chi connectivity index (χ1n) is 7.57. The van der Waals surface area contributed by atoms with Crippen LogP contribution in [-0.4, -0.2) is 22.1 Å². The van der Waals surface area contributed by atoms with E-state index < -0.39 is 0 Å². The fourth-order valence-corrected chi connectivity index (χ4v) is 2.79. The normalized spacial score (nSPS) is 19.4. The van der Waals surface area contributed by atoms with Gasteiger partial charge in [0.25, 0.3) is 0 Å². The van der Waals surface area contributed by atoms with Gasteiger partial charge < -0.3 is 10.1 Å². The number of hydrogen-bond acceptors (Lipinski definition) is 4. The molecular weight excluding hydrogens is 250 g/mol. The summed E-state index contributed by atoms with van der Waals surface area (Å²) in [7, 11) is 0. The van der Waals surface area contributed by atoms with Crippen LogP contribution in [0.1, 0.15) is 38.5 Å². The number of aromatic nitrogens is 2. The molecule has 2 fully saturated rings. The monoisotopic (exact) mass is 269 g/mol. The highest BCUT2D eigenvalue weighted by atomic mass is 16.5. The maximum atomic E-state index is 6.15. The van der Waals surface area contributed by atoms with Crippen molar-refractivity contribution in [2.24, 2.45) is 0 Å². The van der Waals surface area contributed by atoms with Crippen LogP contribution in [0.5, 0.6) is 5.75 Å². The van der Waals surface area contributed by atoms with Crippen molar-refractivity contribution in [1.82, 2.24) is 9.97 Å². The molecule has 0 spiro atoms. The molecule has 0 radical (unpaired) electrons. The largest absolute Gasteiger partial charge is 0.488 e. The summed E-state index contributed by atoms with van der Waals surface area (Å²) >= 11 is 0. The van der Waals surface area contributed by atoms with Crippen molar-refractivity contribution in [1.29, 1.82) is 0 Å². The minimum absolute atomic E-state index is 0.357. The summed E-state index contributed by atoms with van der Waals surface area (Å²) in [5, 5.41) is 4.39. The second-order valence-electron chi connectivity index (χ2n) is 5.83. The first-order valence-corrected chi connectivity index (χ1v) is 7.57. The van der Waals surface area contributed by atoms with Crippen LogP contribution in [0, 0.1) is 0 Å². The van der Waals surface area contributed by atoms with E-state index >= 15 is 0 Å². The number of benzene rings is 1. The Bertz CT molecular complexity index is 618. The van der Waals surface area contributed by atoms with Gasteiger partial charge in [-0.2, -0.15) is 0 Å². The van der Waals surface area contributed by atoms with Gasteiger partial charge in [-0.1, -0.05) is 12.1 Å². The van der Waals surface area contributed by atoms with Crippen LogP contribution in [0.3, 0.4) is 0 Å². The number of hydrogen-bond donors (Lipinski definition) is 1. The van der Waals surface area contributed by atoms with Gasteiger partial charge in [0.05, 0.1) is 6.10 Å². The van der Waals surface area contributed by atoms with E-state index in [4.69, 9.17) is 4.74 Å². The second-order valence-corrected chi connectivity index (χ2v) is 5.83. The smallest absolute Gasteiger partial charge is 0.223 e. The van der Waals surface area contributed by atoms with Crippen LogP contribution in [0.2, 0.25) is 0 Å². The average molecular weight is 269 g/mol. The minimum atomic E-state index is 0.357. The van der Waals surface area contributed by atoms with Crippen LogP contribution >= 0.6 is 0 Å². The van der Waals surface area contributed by atoms with Gasteiger partial charge in [-0.15, -0.1) is 0 Å². The number of rotatable bonds is 4. The molecule has 4 nitrogen and oxygen atoms in total. The molecule has 2 saturated carbocycles. The Hall–Kier alpha value is -1.84. The highest BCUT2D eigenvalue weighted by Crippen LogP contribution is 2.30. The summed E-state index contributed by atoms with van der Waals surface area (Å²) in [6.45, 7) is 0. The summed E-state index contributed by atoms with van der Waals surface area (Å²) < 4.78 is 6.15. The lowest BCUT2D eigenvalue weighted by atomic mass is 10.2. The Morgan fingerprint density at radius 2 is 1.95 bits per heavy atom. The number of nitrogens with zero attached hydrogens (tertiary/aromatic N) is 2. The molecule has 104 valence electrons. The first-order chi connectivity index (χ1) is 9.88. The summed E-state index contributed by atoms with van der Waals surface area (Å²) in [4.78, 5) is 9.03. The van der Waals surface area contributed by atoms with Crippen molar-refractivity contribution in [3.63, 3.8) is 0 Å². The van der Waals surface area contributed by atoms with Crippen molar-refractivity contribution in [3.8, 4) is 5.75 Å². The molecule has 0 bridgehead atoms. The van der Waals surface area contributed by atoms with Crippen molar-refractivity contribution in [2.45, 2.75) is 50.7 Å². The molecule has 1 aromatic heterocycles. The van der Waals surface area contributed by atoms with E-state index in [2.05, 4.69) is 15.3 Å². The Labute approximate surface area is 118 Å². The van der Waals surface area contributed by atoms with Crippen molar-refractivity contribution in [3.05, 3.63) is 24.4 Å². The number of anilines is 1. The Balaban J connectivity index is 1.66. The Morgan fingerprint density at radius 3 is 2.75 bits per heavy atom. The summed E-state index contributed by atoms with van der Waals surface area (Å²) in [6.07, 6.45) is 9.56. The molecule has 0 amide bonds. The lowest BCUT2D eigenvalue weighted by molar-refractivity contribution is 0.212. The maximum absolute atomic E-state index is 6.15. The van der Waals surface area contributed by atoms with Crippen LogP contribution in [-0.2, 0) is 0 Å². The third kappa shape index (κ3) is 2.42. The lowest BCUT2D eigenvalue weighted by Crippen LogP contribution is -2.12. The fraction of sp³-hybridized carbons (Fsp3) is 0.500. The average Bonchev–Trinajstić information content (AvgIpc) is 3.13. The zero-order chi connectivity index (χ0) is 13.4. The number of para-hydroxylation sites is 1. The standard InChI is InChI=1S/C16H19N3O/c1-2-6-13(5-1)20-14-7-3-4-11-10-17-16(19-15(11)14)18-12-8-9-12/h3-4,7,10,12-13H,1-2,5-6,8-9H2,(H,17,18,19). The number of fused-ring (bicyclic) bond motifs is 1. The van der Waals surface area contributed by atoms with Gasteiger partial charge in [-0.3, -0.25) is 0 Å². The van der Waals surface area contributed by atoms with E-state index in [0.29, 0.717) is 12.1 Å². The Kier molecular flexibility index (Phi) is 2.94. The van der Waals surface area contributed by atoms with Gasteiger partial charge in [0.2, 0.25) is 5.95 Å². The van der Waals surface area contributed by atoms with E-state index in [1.54, 1.807) is 0 Å². The molecule has 0 aliphatic heterocycles. The van der Waals surface area contributed by atoms with Gasteiger partial charge >= 0.3 is 0 Å². The van der Waals surface area contributed by atoms with Gasteiger partial charge in [0.1, 0.15) is 11.3 Å². The number of ether oxygens (including phenoxy) is 1. The summed E-state index contributed by atoms with van der Waals surface area (Å²) in [6, 6.07) is 6.64. The van der Waals surface area contributed by atoms with E-state index in [1.807, 2.05) is 24.4 Å². The minimum Gasteiger partial charge on any atom is -0.488 e. The fourth-order valence-electron chi connectivity index (χ4n) is 2.79. The quantitative estimate of drug-likeness (QED) is 0.922. The van der Waals surface area contributed by atoms with Crippen LogP contribution in [0.25, 0.3) is 10.9 Å². The molecule has 1 N–H and O–H groups in total. The van der Waals surface area contributed by atoms with E-state index in [1.165, 1.54) is 25.7 Å². The molecule has 0 unspecified atom stereocenters. The van der Waals surface area contributed by atoms with Crippen LogP contribution in [0.15, 0.2) is 24.4 Å². The highest BCUT2D eigenvalue weighted by molar-refractivity contribution is 5.84. The molecule has 1 aromatic carbocycles. The van der Waals surface area contributed by atoms with Gasteiger partial charge in [-0.05, 0) is 44.6 Å². The summed E-state index contributed by atoms with van der Waals surface area (Å²) in [5.41, 5.74) is 0.928. The van der Waals surface area contributed by atoms with Crippen molar-refractivity contribution >= 4 is 16.9 Å². The van der Waals surface area contributed by atoms with E-state index in [0.717, 1.165) is 35.4 Å². The van der Waals surface area contributed by atoms with Gasteiger partial charge in [-0.25, -0.2) is 9.97 Å². The molecule has 4 heteroatoms. The SMILES string of the molecule is c1cc(OC2CCCC2)c2nc(NC3CC3)ncc2c1. The third-order valence-corrected chi connectivity index (χ3v) is 4.08. The van der Waals surface area contributed by atoms with E-state index in [-0.39, 0.29) is 0 Å². The van der Waals surface area contributed by atoms with Gasteiger partial charge in [0.15, 0.2) is 0 Å². The molecule has 20 heavy (non-hydrogen) atoms. The predicted octanol–water partition coefficient (Wildman–Crippen LogP) is 3.53. The highest BCUT2D eigenvalue weighted by Gasteiger charge is 2.22.